The van der Waals surface area contributed by atoms with Gasteiger partial charge in [0.15, 0.2) is 0 Å². The monoisotopic (exact) mass is 246 g/mol. The van der Waals surface area contributed by atoms with Crippen LogP contribution in [0.2, 0.25) is 0 Å². The third-order valence-electron chi connectivity index (χ3n) is 2.96. The maximum absolute atomic E-state index is 12.0. The highest BCUT2D eigenvalue weighted by Crippen LogP contribution is 2.14. The van der Waals surface area contributed by atoms with Crippen LogP contribution in [0.4, 0.5) is 0 Å². The van der Waals surface area contributed by atoms with Gasteiger partial charge < -0.3 is 4.90 Å². The molecule has 0 aromatic carbocycles. The van der Waals surface area contributed by atoms with Gasteiger partial charge in [0.1, 0.15) is 0 Å². The zero-order valence-electron chi connectivity index (χ0n) is 10.4. The number of amides is 1. The first kappa shape index (κ1) is 13.6. The number of carbonyl (C=O) groups excluding carboxylic acids is 1. The summed E-state index contributed by atoms with van der Waals surface area (Å²) in [5.74, 6) is 0.740. The van der Waals surface area contributed by atoms with E-state index in [4.69, 9.17) is 0 Å². The van der Waals surface area contributed by atoms with Gasteiger partial charge in [0.2, 0.25) is 5.91 Å². The van der Waals surface area contributed by atoms with Crippen LogP contribution in [-0.4, -0.2) is 45.8 Å². The van der Waals surface area contributed by atoms with Crippen LogP contribution in [0.5, 0.6) is 0 Å². The lowest BCUT2D eigenvalue weighted by Crippen LogP contribution is -2.37. The lowest BCUT2D eigenvalue weighted by Gasteiger charge is -2.19. The van der Waals surface area contributed by atoms with Gasteiger partial charge in [-0.3, -0.25) is 14.3 Å². The van der Waals surface area contributed by atoms with Crippen LogP contribution in [0.3, 0.4) is 0 Å². The molecule has 1 fully saturated rings. The van der Waals surface area contributed by atoms with E-state index in [1.54, 1.807) is 6.26 Å². The van der Waals surface area contributed by atoms with Crippen molar-refractivity contribution in [3.8, 4) is 0 Å². The molecule has 1 heterocycles. The van der Waals surface area contributed by atoms with E-state index in [1.165, 1.54) is 0 Å². The van der Waals surface area contributed by atoms with Crippen molar-refractivity contribution < 1.29 is 9.00 Å². The number of rotatable bonds is 6. The van der Waals surface area contributed by atoms with E-state index in [1.807, 2.05) is 11.8 Å². The van der Waals surface area contributed by atoms with Gasteiger partial charge in [-0.05, 0) is 13.3 Å². The summed E-state index contributed by atoms with van der Waals surface area (Å²) in [6.07, 6.45) is 4.85. The van der Waals surface area contributed by atoms with Crippen molar-refractivity contribution in [2.75, 3.05) is 18.6 Å². The summed E-state index contributed by atoms with van der Waals surface area (Å²) in [6.45, 7) is 4.71. The topological polar surface area (TPSA) is 49.4 Å². The van der Waals surface area contributed by atoms with Gasteiger partial charge in [-0.1, -0.05) is 19.8 Å². The second-order valence-electron chi connectivity index (χ2n) is 4.35. The van der Waals surface area contributed by atoms with Gasteiger partial charge in [-0.25, -0.2) is 0 Å². The maximum Gasteiger partial charge on any atom is 0.241 e. The van der Waals surface area contributed by atoms with Crippen LogP contribution >= 0.6 is 0 Å². The van der Waals surface area contributed by atoms with E-state index in [0.29, 0.717) is 12.3 Å². The Labute approximate surface area is 100 Å². The minimum atomic E-state index is -0.830. The number of unbranched alkanes of at least 4 members (excludes halogenated alkanes) is 1. The third kappa shape index (κ3) is 3.56. The summed E-state index contributed by atoms with van der Waals surface area (Å²) in [5, 5.41) is 3.29. The zero-order valence-corrected chi connectivity index (χ0v) is 11.2. The quantitative estimate of drug-likeness (QED) is 0.750. The SMILES string of the molecule is CCCCC1NC(C)N(CCS(C)=O)C1=O. The minimum Gasteiger partial charge on any atom is -0.325 e. The molecule has 3 atom stereocenters. The van der Waals surface area contributed by atoms with Crippen molar-refractivity contribution in [1.82, 2.24) is 10.2 Å². The highest BCUT2D eigenvalue weighted by molar-refractivity contribution is 7.84. The summed E-state index contributed by atoms with van der Waals surface area (Å²) < 4.78 is 11.0. The molecule has 0 saturated carbocycles. The van der Waals surface area contributed by atoms with E-state index < -0.39 is 10.8 Å². The Bertz CT molecular complexity index is 271. The summed E-state index contributed by atoms with van der Waals surface area (Å²) in [6, 6.07) is -0.0276. The largest absolute Gasteiger partial charge is 0.325 e. The first-order valence-corrected chi connectivity index (χ1v) is 7.65. The fraction of sp³-hybridized carbons (Fsp3) is 0.909. The summed E-state index contributed by atoms with van der Waals surface area (Å²) in [7, 11) is -0.830. The van der Waals surface area contributed by atoms with Crippen LogP contribution in [-0.2, 0) is 15.6 Å². The van der Waals surface area contributed by atoms with E-state index in [9.17, 15) is 9.00 Å². The molecule has 0 bridgehead atoms. The predicted octanol–water partition coefficient (Wildman–Crippen LogP) is 0.702. The van der Waals surface area contributed by atoms with Crippen LogP contribution in [0.1, 0.15) is 33.1 Å². The molecule has 1 N–H and O–H groups in total. The van der Waals surface area contributed by atoms with Gasteiger partial charge in [0, 0.05) is 29.4 Å². The van der Waals surface area contributed by atoms with Gasteiger partial charge in [-0.15, -0.1) is 0 Å². The number of carbonyl (C=O) groups is 1. The molecule has 1 amide bonds. The Morgan fingerprint density at radius 2 is 2.19 bits per heavy atom. The van der Waals surface area contributed by atoms with E-state index in [2.05, 4.69) is 12.2 Å². The van der Waals surface area contributed by atoms with E-state index >= 15 is 0 Å². The second-order valence-corrected chi connectivity index (χ2v) is 5.90. The Morgan fingerprint density at radius 1 is 1.50 bits per heavy atom. The molecule has 1 aliphatic heterocycles. The lowest BCUT2D eigenvalue weighted by molar-refractivity contribution is -0.129. The van der Waals surface area contributed by atoms with Crippen LogP contribution in [0.15, 0.2) is 0 Å². The van der Waals surface area contributed by atoms with Crippen molar-refractivity contribution in [3.63, 3.8) is 0 Å². The Balaban J connectivity index is 2.46. The zero-order chi connectivity index (χ0) is 12.1. The molecule has 3 unspecified atom stereocenters. The van der Waals surface area contributed by atoms with Gasteiger partial charge in [0.05, 0.1) is 12.2 Å². The number of hydrogen-bond acceptors (Lipinski definition) is 3. The lowest BCUT2D eigenvalue weighted by atomic mass is 10.1. The van der Waals surface area contributed by atoms with Crippen molar-refractivity contribution >= 4 is 16.7 Å². The Kier molecular flexibility index (Phi) is 5.41. The van der Waals surface area contributed by atoms with Gasteiger partial charge >= 0.3 is 0 Å². The van der Waals surface area contributed by atoms with E-state index in [-0.39, 0.29) is 18.1 Å². The molecule has 0 aliphatic carbocycles. The molecule has 16 heavy (non-hydrogen) atoms. The highest BCUT2D eigenvalue weighted by atomic mass is 32.2. The molecular formula is C11H22N2O2S. The molecule has 0 spiro atoms. The fourth-order valence-electron chi connectivity index (χ4n) is 1.99. The van der Waals surface area contributed by atoms with Gasteiger partial charge in [0.25, 0.3) is 0 Å². The van der Waals surface area contributed by atoms with Crippen molar-refractivity contribution in [2.45, 2.75) is 45.3 Å². The molecule has 94 valence electrons. The van der Waals surface area contributed by atoms with Crippen molar-refractivity contribution in [1.29, 1.82) is 0 Å². The van der Waals surface area contributed by atoms with Crippen molar-refractivity contribution in [3.05, 3.63) is 0 Å². The fourth-order valence-corrected chi connectivity index (χ4v) is 2.44. The third-order valence-corrected chi connectivity index (χ3v) is 3.71. The molecular weight excluding hydrogens is 224 g/mol. The smallest absolute Gasteiger partial charge is 0.241 e. The van der Waals surface area contributed by atoms with Gasteiger partial charge in [-0.2, -0.15) is 0 Å². The minimum absolute atomic E-state index is 0.0276. The maximum atomic E-state index is 12.0. The number of hydrogen-bond donors (Lipinski definition) is 1. The van der Waals surface area contributed by atoms with Crippen LogP contribution < -0.4 is 5.32 Å². The Hall–Kier alpha value is -0.420. The molecule has 5 heteroatoms. The standard InChI is InChI=1S/C11H22N2O2S/c1-4-5-6-10-11(14)13(9(2)12-10)7-8-16(3)15/h9-10,12H,4-8H2,1-3H3. The molecule has 0 aromatic heterocycles. The first-order chi connectivity index (χ1) is 7.56. The average molecular weight is 246 g/mol. The van der Waals surface area contributed by atoms with Crippen LogP contribution in [0, 0.1) is 0 Å². The number of nitrogens with zero attached hydrogens (tertiary/aromatic N) is 1. The second kappa shape index (κ2) is 6.35. The molecule has 0 radical (unpaired) electrons. The molecule has 1 saturated heterocycles. The predicted molar refractivity (Wildman–Crippen MR) is 66.6 cm³/mol. The summed E-state index contributed by atoms with van der Waals surface area (Å²) >= 11 is 0. The molecule has 0 aromatic rings. The molecule has 1 aliphatic rings. The first-order valence-electron chi connectivity index (χ1n) is 5.92. The van der Waals surface area contributed by atoms with Crippen LogP contribution in [0.25, 0.3) is 0 Å². The average Bonchev–Trinajstić information content (AvgIpc) is 2.48. The molecule has 1 rings (SSSR count). The summed E-state index contributed by atoms with van der Waals surface area (Å²) in [4.78, 5) is 13.8. The van der Waals surface area contributed by atoms with E-state index in [0.717, 1.165) is 19.3 Å². The summed E-state index contributed by atoms with van der Waals surface area (Å²) in [5.41, 5.74) is 0. The Morgan fingerprint density at radius 3 is 2.75 bits per heavy atom. The number of nitrogens with one attached hydrogen (secondary N) is 1. The normalized spacial score (nSPS) is 27.4. The molecule has 4 nitrogen and oxygen atoms in total. The highest BCUT2D eigenvalue weighted by Gasteiger charge is 2.35. The van der Waals surface area contributed by atoms with Crippen molar-refractivity contribution in [2.24, 2.45) is 0 Å².